The van der Waals surface area contributed by atoms with Crippen LogP contribution >= 0.6 is 0 Å². The van der Waals surface area contributed by atoms with Crippen LogP contribution in [0.15, 0.2) is 60.7 Å². The summed E-state index contributed by atoms with van der Waals surface area (Å²) in [6.45, 7) is 4.59. The molecule has 3 aromatic rings. The summed E-state index contributed by atoms with van der Waals surface area (Å²) >= 11 is 0. The minimum absolute atomic E-state index is 1.15. The molecule has 1 nitrogen and oxygen atoms in total. The highest BCUT2D eigenvalue weighted by Gasteiger charge is 2.10. The monoisotopic (exact) mass is 485 g/mol. The Morgan fingerprint density at radius 3 is 1.72 bits per heavy atom. The number of anilines is 2. The van der Waals surface area contributed by atoms with Gasteiger partial charge in [0.05, 0.1) is 0 Å². The van der Waals surface area contributed by atoms with Crippen LogP contribution in [0.2, 0.25) is 0 Å². The molecule has 0 radical (unpaired) electrons. The lowest BCUT2D eigenvalue weighted by Gasteiger charge is -2.18. The van der Waals surface area contributed by atoms with Crippen LogP contribution in [0.1, 0.15) is 121 Å². The summed E-state index contributed by atoms with van der Waals surface area (Å²) in [5.41, 5.74) is 5.52. The molecule has 0 aliphatic carbocycles. The molecule has 196 valence electrons. The quantitative estimate of drug-likeness (QED) is 0.166. The van der Waals surface area contributed by atoms with Crippen molar-refractivity contribution in [2.24, 2.45) is 0 Å². The maximum Gasteiger partial charge on any atom is 0.0423 e. The zero-order valence-electron chi connectivity index (χ0n) is 23.3. The molecule has 1 heteroatoms. The first-order chi connectivity index (χ1) is 17.8. The van der Waals surface area contributed by atoms with Gasteiger partial charge in [-0.3, -0.25) is 0 Å². The minimum atomic E-state index is 1.15. The molecule has 0 atom stereocenters. The van der Waals surface area contributed by atoms with Gasteiger partial charge in [-0.15, -0.1) is 0 Å². The summed E-state index contributed by atoms with van der Waals surface area (Å²) in [4.78, 5) is 0. The molecular formula is C35H51N. The van der Waals surface area contributed by atoms with Crippen LogP contribution in [0.25, 0.3) is 10.8 Å². The maximum atomic E-state index is 3.87. The predicted molar refractivity (Wildman–Crippen MR) is 162 cm³/mol. The molecule has 3 aromatic carbocycles. The molecular weight excluding hydrogens is 434 g/mol. The fourth-order valence-corrected chi connectivity index (χ4v) is 5.44. The number of unbranched alkanes of at least 4 members (excludes halogenated alkanes) is 13. The van der Waals surface area contributed by atoms with Crippen LogP contribution in [0.3, 0.4) is 0 Å². The Kier molecular flexibility index (Phi) is 13.5. The Morgan fingerprint density at radius 1 is 0.472 bits per heavy atom. The molecule has 0 heterocycles. The van der Waals surface area contributed by atoms with E-state index in [1.165, 1.54) is 136 Å². The van der Waals surface area contributed by atoms with Crippen molar-refractivity contribution >= 4 is 22.1 Å². The van der Waals surface area contributed by atoms with Gasteiger partial charge in [-0.05, 0) is 59.7 Å². The molecule has 0 aliphatic heterocycles. The van der Waals surface area contributed by atoms with Crippen LogP contribution in [-0.4, -0.2) is 0 Å². The molecule has 0 aliphatic rings. The maximum absolute atomic E-state index is 3.87. The van der Waals surface area contributed by atoms with E-state index >= 15 is 0 Å². The standard InChI is InChI=1S/C35H51N/c1-3-5-7-9-10-11-12-13-15-16-23-31-24-19-21-27-34(31)36-35-29-28-30-22-18-20-25-32(30)33(35)26-17-14-8-6-4-2/h18-22,24-25,27-29,36H,3-17,23,26H2,1-2H3. The van der Waals surface area contributed by atoms with E-state index in [-0.39, 0.29) is 0 Å². The van der Waals surface area contributed by atoms with Gasteiger partial charge in [-0.25, -0.2) is 0 Å². The van der Waals surface area contributed by atoms with Crippen LogP contribution < -0.4 is 5.32 Å². The van der Waals surface area contributed by atoms with E-state index in [0.717, 1.165) is 6.42 Å². The third kappa shape index (κ3) is 9.64. The normalized spacial score (nSPS) is 11.3. The van der Waals surface area contributed by atoms with Crippen LogP contribution in [0.5, 0.6) is 0 Å². The highest BCUT2D eigenvalue weighted by atomic mass is 14.9. The van der Waals surface area contributed by atoms with Crippen molar-refractivity contribution in [1.29, 1.82) is 0 Å². The first-order valence-electron chi connectivity index (χ1n) is 15.2. The van der Waals surface area contributed by atoms with Gasteiger partial charge < -0.3 is 5.32 Å². The lowest BCUT2D eigenvalue weighted by atomic mass is 9.96. The topological polar surface area (TPSA) is 12.0 Å². The molecule has 1 N–H and O–H groups in total. The fraction of sp³-hybridized carbons (Fsp3) is 0.543. The van der Waals surface area contributed by atoms with E-state index in [1.807, 2.05) is 0 Å². The molecule has 0 amide bonds. The first-order valence-corrected chi connectivity index (χ1v) is 15.2. The second-order valence-corrected chi connectivity index (χ2v) is 10.7. The molecule has 0 fully saturated rings. The van der Waals surface area contributed by atoms with Gasteiger partial charge in [0.25, 0.3) is 0 Å². The van der Waals surface area contributed by atoms with Crippen molar-refractivity contribution in [3.63, 3.8) is 0 Å². The van der Waals surface area contributed by atoms with Crippen molar-refractivity contribution in [2.75, 3.05) is 5.32 Å². The average Bonchev–Trinajstić information content (AvgIpc) is 2.91. The van der Waals surface area contributed by atoms with Crippen LogP contribution in [-0.2, 0) is 12.8 Å². The average molecular weight is 486 g/mol. The molecule has 0 aromatic heterocycles. The SMILES string of the molecule is CCCCCCCCCCCCc1ccccc1Nc1ccc2ccccc2c1CCCCCCC. The highest BCUT2D eigenvalue weighted by Crippen LogP contribution is 2.32. The summed E-state index contributed by atoms with van der Waals surface area (Å²) in [5.74, 6) is 0. The van der Waals surface area contributed by atoms with Gasteiger partial charge >= 0.3 is 0 Å². The lowest BCUT2D eigenvalue weighted by Crippen LogP contribution is -2.01. The molecule has 0 spiro atoms. The van der Waals surface area contributed by atoms with Crippen molar-refractivity contribution in [3.8, 4) is 0 Å². The first kappa shape index (κ1) is 28.3. The van der Waals surface area contributed by atoms with Crippen LogP contribution in [0, 0.1) is 0 Å². The van der Waals surface area contributed by atoms with Gasteiger partial charge in [-0.2, -0.15) is 0 Å². The summed E-state index contributed by atoms with van der Waals surface area (Å²) < 4.78 is 0. The number of hydrogen-bond acceptors (Lipinski definition) is 1. The van der Waals surface area contributed by atoms with Crippen molar-refractivity contribution in [2.45, 2.75) is 123 Å². The Morgan fingerprint density at radius 2 is 1.03 bits per heavy atom. The van der Waals surface area contributed by atoms with E-state index in [1.54, 1.807) is 0 Å². The van der Waals surface area contributed by atoms with E-state index in [2.05, 4.69) is 79.8 Å². The van der Waals surface area contributed by atoms with Crippen molar-refractivity contribution in [3.05, 3.63) is 71.8 Å². The number of para-hydroxylation sites is 1. The van der Waals surface area contributed by atoms with Gasteiger partial charge in [0, 0.05) is 11.4 Å². The summed E-state index contributed by atoms with van der Waals surface area (Å²) in [5, 5.41) is 6.63. The number of hydrogen-bond donors (Lipinski definition) is 1. The van der Waals surface area contributed by atoms with E-state index < -0.39 is 0 Å². The Balaban J connectivity index is 1.56. The van der Waals surface area contributed by atoms with Gasteiger partial charge in [-0.1, -0.05) is 146 Å². The zero-order valence-corrected chi connectivity index (χ0v) is 23.3. The third-order valence-electron chi connectivity index (χ3n) is 7.66. The fourth-order valence-electron chi connectivity index (χ4n) is 5.44. The molecule has 0 saturated carbocycles. The molecule has 36 heavy (non-hydrogen) atoms. The second-order valence-electron chi connectivity index (χ2n) is 10.7. The van der Waals surface area contributed by atoms with Gasteiger partial charge in [0.1, 0.15) is 0 Å². The predicted octanol–water partition coefficient (Wildman–Crippen LogP) is 11.6. The molecule has 0 bridgehead atoms. The van der Waals surface area contributed by atoms with E-state index in [0.29, 0.717) is 0 Å². The van der Waals surface area contributed by atoms with E-state index in [9.17, 15) is 0 Å². The third-order valence-corrected chi connectivity index (χ3v) is 7.66. The molecule has 0 saturated heterocycles. The van der Waals surface area contributed by atoms with Crippen LogP contribution in [0.4, 0.5) is 11.4 Å². The highest BCUT2D eigenvalue weighted by molar-refractivity contribution is 5.91. The Labute approximate surface area is 222 Å². The number of aryl methyl sites for hydroxylation is 2. The molecule has 0 unspecified atom stereocenters. The Bertz CT molecular complexity index is 989. The summed E-state index contributed by atoms with van der Waals surface area (Å²) in [7, 11) is 0. The van der Waals surface area contributed by atoms with E-state index in [4.69, 9.17) is 0 Å². The van der Waals surface area contributed by atoms with Gasteiger partial charge in [0.15, 0.2) is 0 Å². The smallest absolute Gasteiger partial charge is 0.0423 e. The molecule has 3 rings (SSSR count). The van der Waals surface area contributed by atoms with Gasteiger partial charge in [0.2, 0.25) is 0 Å². The number of benzene rings is 3. The second kappa shape index (κ2) is 17.2. The lowest BCUT2D eigenvalue weighted by molar-refractivity contribution is 0.556. The zero-order chi connectivity index (χ0) is 25.3. The largest absolute Gasteiger partial charge is 0.355 e. The van der Waals surface area contributed by atoms with Crippen molar-refractivity contribution < 1.29 is 0 Å². The number of fused-ring (bicyclic) bond motifs is 1. The summed E-state index contributed by atoms with van der Waals surface area (Å²) in [6.07, 6.45) is 22.8. The summed E-state index contributed by atoms with van der Waals surface area (Å²) in [6, 6.07) is 22.4. The minimum Gasteiger partial charge on any atom is -0.355 e. The Hall–Kier alpha value is -2.28. The van der Waals surface area contributed by atoms with Crippen molar-refractivity contribution in [1.82, 2.24) is 0 Å². The number of rotatable bonds is 19. The number of nitrogens with one attached hydrogen (secondary N) is 1.